The second-order valence-electron chi connectivity index (χ2n) is 4.06. The third-order valence-electron chi connectivity index (χ3n) is 2.59. The third-order valence-corrected chi connectivity index (χ3v) is 3.29. The van der Waals surface area contributed by atoms with Crippen LogP contribution in [0.4, 0.5) is 0 Å². The molecule has 0 radical (unpaired) electrons. The Kier molecular flexibility index (Phi) is 6.57. The van der Waals surface area contributed by atoms with Gasteiger partial charge in [0.2, 0.25) is 0 Å². The predicted octanol–water partition coefficient (Wildman–Crippen LogP) is 2.70. The van der Waals surface area contributed by atoms with Crippen molar-refractivity contribution in [1.29, 1.82) is 0 Å². The molecule has 0 amide bonds. The lowest BCUT2D eigenvalue weighted by molar-refractivity contribution is 0.567. The first-order valence-electron chi connectivity index (χ1n) is 6.02. The number of hydrogen-bond acceptors (Lipinski definition) is 3. The first-order chi connectivity index (χ1) is 7.77. The molecule has 1 heterocycles. The number of nitrogens with zero attached hydrogens (tertiary/aromatic N) is 2. The van der Waals surface area contributed by atoms with Crippen molar-refractivity contribution >= 4 is 11.8 Å². The Morgan fingerprint density at radius 1 is 1.56 bits per heavy atom. The van der Waals surface area contributed by atoms with Gasteiger partial charge in [-0.25, -0.2) is 0 Å². The zero-order valence-electron chi connectivity index (χ0n) is 10.6. The highest BCUT2D eigenvalue weighted by atomic mass is 32.2. The maximum Gasteiger partial charge on any atom is 0.0537 e. The molecule has 3 nitrogen and oxygen atoms in total. The standard InChI is InChI=1S/C12H23N3S/c1-4-6-13-11(2)12-9-14-15(10-12)7-5-8-16-3/h9-11,13H,4-8H2,1-3H3. The van der Waals surface area contributed by atoms with E-state index in [4.69, 9.17) is 0 Å². The molecule has 1 atom stereocenters. The minimum Gasteiger partial charge on any atom is -0.310 e. The van der Waals surface area contributed by atoms with Gasteiger partial charge in [-0.1, -0.05) is 6.92 Å². The molecule has 1 N–H and O–H groups in total. The van der Waals surface area contributed by atoms with Crippen molar-refractivity contribution < 1.29 is 0 Å². The lowest BCUT2D eigenvalue weighted by atomic mass is 10.2. The maximum atomic E-state index is 4.38. The molecule has 0 saturated heterocycles. The minimum absolute atomic E-state index is 0.411. The molecular formula is C12H23N3S. The number of nitrogens with one attached hydrogen (secondary N) is 1. The van der Waals surface area contributed by atoms with Crippen LogP contribution in [0, 0.1) is 0 Å². The summed E-state index contributed by atoms with van der Waals surface area (Å²) in [6.07, 6.45) is 8.65. The van der Waals surface area contributed by atoms with Crippen molar-refractivity contribution in [3.05, 3.63) is 18.0 Å². The van der Waals surface area contributed by atoms with Gasteiger partial charge in [0.05, 0.1) is 6.20 Å². The van der Waals surface area contributed by atoms with Crippen molar-refractivity contribution in [2.75, 3.05) is 18.6 Å². The number of thioether (sulfide) groups is 1. The Bertz CT molecular complexity index is 286. The van der Waals surface area contributed by atoms with E-state index >= 15 is 0 Å². The molecule has 1 aromatic heterocycles. The van der Waals surface area contributed by atoms with Crippen molar-refractivity contribution in [2.45, 2.75) is 39.3 Å². The van der Waals surface area contributed by atoms with E-state index in [2.05, 4.69) is 41.4 Å². The molecule has 4 heteroatoms. The normalized spacial score (nSPS) is 12.9. The second kappa shape index (κ2) is 7.74. The lowest BCUT2D eigenvalue weighted by Gasteiger charge is -2.10. The van der Waals surface area contributed by atoms with E-state index in [1.807, 2.05) is 18.0 Å². The molecule has 0 aliphatic carbocycles. The Morgan fingerprint density at radius 2 is 2.38 bits per heavy atom. The van der Waals surface area contributed by atoms with Crippen molar-refractivity contribution in [3.8, 4) is 0 Å². The van der Waals surface area contributed by atoms with Crippen LogP contribution in [0.3, 0.4) is 0 Å². The van der Waals surface area contributed by atoms with Crippen LogP contribution >= 0.6 is 11.8 Å². The average molecular weight is 241 g/mol. The molecule has 1 unspecified atom stereocenters. The molecule has 0 aliphatic rings. The van der Waals surface area contributed by atoms with Gasteiger partial charge in [0.15, 0.2) is 0 Å². The smallest absolute Gasteiger partial charge is 0.0537 e. The zero-order valence-corrected chi connectivity index (χ0v) is 11.4. The van der Waals surface area contributed by atoms with E-state index in [9.17, 15) is 0 Å². The van der Waals surface area contributed by atoms with Crippen LogP contribution in [0.2, 0.25) is 0 Å². The minimum atomic E-state index is 0.411. The van der Waals surface area contributed by atoms with Gasteiger partial charge < -0.3 is 5.32 Å². The Labute approximate surface area is 103 Å². The van der Waals surface area contributed by atoms with Gasteiger partial charge in [-0.2, -0.15) is 16.9 Å². The summed E-state index contributed by atoms with van der Waals surface area (Å²) < 4.78 is 2.05. The fourth-order valence-corrected chi connectivity index (χ4v) is 1.99. The summed E-state index contributed by atoms with van der Waals surface area (Å²) in [4.78, 5) is 0. The number of aryl methyl sites for hydroxylation is 1. The maximum absolute atomic E-state index is 4.38. The molecule has 0 bridgehead atoms. The van der Waals surface area contributed by atoms with Crippen LogP contribution in [0.1, 0.15) is 38.3 Å². The molecular weight excluding hydrogens is 218 g/mol. The largest absolute Gasteiger partial charge is 0.310 e. The molecule has 0 saturated carbocycles. The predicted molar refractivity (Wildman–Crippen MR) is 71.9 cm³/mol. The fraction of sp³-hybridized carbons (Fsp3) is 0.750. The van der Waals surface area contributed by atoms with Gasteiger partial charge in [-0.3, -0.25) is 4.68 Å². The SMILES string of the molecule is CCCNC(C)c1cnn(CCCSC)c1. The molecule has 0 fully saturated rings. The van der Waals surface area contributed by atoms with Gasteiger partial charge in [-0.15, -0.1) is 0 Å². The monoisotopic (exact) mass is 241 g/mol. The van der Waals surface area contributed by atoms with E-state index in [1.54, 1.807) is 0 Å². The summed E-state index contributed by atoms with van der Waals surface area (Å²) in [5.74, 6) is 1.21. The van der Waals surface area contributed by atoms with Crippen molar-refractivity contribution in [1.82, 2.24) is 15.1 Å². The molecule has 16 heavy (non-hydrogen) atoms. The molecule has 1 rings (SSSR count). The Balaban J connectivity index is 2.37. The molecule has 92 valence electrons. The van der Waals surface area contributed by atoms with Crippen molar-refractivity contribution in [2.24, 2.45) is 0 Å². The highest BCUT2D eigenvalue weighted by molar-refractivity contribution is 7.98. The van der Waals surface area contributed by atoms with E-state index in [-0.39, 0.29) is 0 Å². The third kappa shape index (κ3) is 4.58. The van der Waals surface area contributed by atoms with E-state index in [0.717, 1.165) is 13.1 Å². The zero-order chi connectivity index (χ0) is 11.8. The van der Waals surface area contributed by atoms with E-state index < -0.39 is 0 Å². The Morgan fingerprint density at radius 3 is 3.06 bits per heavy atom. The topological polar surface area (TPSA) is 29.9 Å². The van der Waals surface area contributed by atoms with E-state index in [0.29, 0.717) is 6.04 Å². The van der Waals surface area contributed by atoms with Crippen LogP contribution in [0.25, 0.3) is 0 Å². The molecule has 1 aromatic rings. The highest BCUT2D eigenvalue weighted by Crippen LogP contribution is 2.11. The summed E-state index contributed by atoms with van der Waals surface area (Å²) in [6.45, 7) is 6.48. The summed E-state index contributed by atoms with van der Waals surface area (Å²) in [7, 11) is 0. The van der Waals surface area contributed by atoms with Crippen LogP contribution in [0.15, 0.2) is 12.4 Å². The number of hydrogen-bond donors (Lipinski definition) is 1. The molecule has 0 aromatic carbocycles. The summed E-state index contributed by atoms with van der Waals surface area (Å²) in [5, 5.41) is 7.86. The van der Waals surface area contributed by atoms with Crippen molar-refractivity contribution in [3.63, 3.8) is 0 Å². The number of rotatable bonds is 8. The fourth-order valence-electron chi connectivity index (χ4n) is 1.58. The van der Waals surface area contributed by atoms with Crippen LogP contribution in [-0.2, 0) is 6.54 Å². The van der Waals surface area contributed by atoms with Crippen LogP contribution in [0.5, 0.6) is 0 Å². The Hall–Kier alpha value is -0.480. The van der Waals surface area contributed by atoms with Gasteiger partial charge >= 0.3 is 0 Å². The van der Waals surface area contributed by atoms with E-state index in [1.165, 1.54) is 24.2 Å². The summed E-state index contributed by atoms with van der Waals surface area (Å²) in [6, 6.07) is 0.411. The van der Waals surface area contributed by atoms with Crippen LogP contribution < -0.4 is 5.32 Å². The van der Waals surface area contributed by atoms with Gasteiger partial charge in [0, 0.05) is 24.3 Å². The summed E-state index contributed by atoms with van der Waals surface area (Å²) >= 11 is 1.89. The number of aromatic nitrogens is 2. The van der Waals surface area contributed by atoms with Gasteiger partial charge in [0.25, 0.3) is 0 Å². The molecule has 0 spiro atoms. The van der Waals surface area contributed by atoms with Gasteiger partial charge in [-0.05, 0) is 38.3 Å². The highest BCUT2D eigenvalue weighted by Gasteiger charge is 2.06. The second-order valence-corrected chi connectivity index (χ2v) is 5.04. The summed E-state index contributed by atoms with van der Waals surface area (Å²) in [5.41, 5.74) is 1.29. The first-order valence-corrected chi connectivity index (χ1v) is 7.42. The molecule has 0 aliphatic heterocycles. The lowest BCUT2D eigenvalue weighted by Crippen LogP contribution is -2.18. The van der Waals surface area contributed by atoms with Gasteiger partial charge in [0.1, 0.15) is 0 Å². The quantitative estimate of drug-likeness (QED) is 0.710. The van der Waals surface area contributed by atoms with Crippen LogP contribution in [-0.4, -0.2) is 28.3 Å². The first kappa shape index (κ1) is 13.6. The average Bonchev–Trinajstić information content (AvgIpc) is 2.75.